The first-order valence-corrected chi connectivity index (χ1v) is 13.5. The molecule has 0 unspecified atom stereocenters. The van der Waals surface area contributed by atoms with Crippen LogP contribution in [-0.4, -0.2) is 84.5 Å². The molecule has 4 atom stereocenters. The number of nitrogens with zero attached hydrogens (tertiary/aromatic N) is 2. The third-order valence-electron chi connectivity index (χ3n) is 5.78. The van der Waals surface area contributed by atoms with E-state index in [1.54, 1.807) is 0 Å². The molecule has 0 aromatic rings. The lowest BCUT2D eigenvalue weighted by Gasteiger charge is -2.25. The second kappa shape index (κ2) is 20.3. The molecular weight excluding hydrogens is 522 g/mol. The number of nitrogens with two attached hydrogens (primary N) is 6. The van der Waals surface area contributed by atoms with Crippen LogP contribution in [0.4, 0.5) is 0 Å². The Balaban J connectivity index is 5.74. The molecule has 0 spiro atoms. The molecule has 16 heteroatoms. The van der Waals surface area contributed by atoms with E-state index in [0.717, 1.165) is 0 Å². The number of nitrogens with one attached hydrogen (secondary N) is 3. The van der Waals surface area contributed by atoms with Crippen molar-refractivity contribution in [2.24, 2.45) is 50.3 Å². The lowest BCUT2D eigenvalue weighted by molar-refractivity contribution is -0.142. The Labute approximate surface area is 235 Å². The summed E-state index contributed by atoms with van der Waals surface area (Å²) in [6.45, 7) is 4.62. The maximum atomic E-state index is 13.3. The Kier molecular flexibility index (Phi) is 18.4. The second-order valence-corrected chi connectivity index (χ2v) is 9.94. The molecule has 16 N–H and O–H groups in total. The summed E-state index contributed by atoms with van der Waals surface area (Å²) in [7, 11) is 0. The average molecular weight is 572 g/mol. The normalized spacial score (nSPS) is 13.8. The van der Waals surface area contributed by atoms with Crippen LogP contribution in [0, 0.1) is 5.92 Å². The van der Waals surface area contributed by atoms with Gasteiger partial charge in [0.1, 0.15) is 18.1 Å². The van der Waals surface area contributed by atoms with E-state index >= 15 is 0 Å². The van der Waals surface area contributed by atoms with E-state index in [1.807, 2.05) is 13.8 Å². The van der Waals surface area contributed by atoms with Gasteiger partial charge < -0.3 is 55.5 Å². The molecule has 16 nitrogen and oxygen atoms in total. The van der Waals surface area contributed by atoms with E-state index in [2.05, 4.69) is 25.9 Å². The summed E-state index contributed by atoms with van der Waals surface area (Å²) in [5.74, 6) is -3.15. The number of aliphatic carboxylic acids is 1. The topological polar surface area (TPSA) is 305 Å². The molecule has 0 aliphatic rings. The predicted octanol–water partition coefficient (Wildman–Crippen LogP) is -2.87. The number of carboxylic acids is 1. The van der Waals surface area contributed by atoms with Crippen LogP contribution in [0.5, 0.6) is 0 Å². The van der Waals surface area contributed by atoms with Crippen molar-refractivity contribution < 1.29 is 24.3 Å². The number of hydrogen-bond acceptors (Lipinski definition) is 8. The van der Waals surface area contributed by atoms with Gasteiger partial charge in [-0.3, -0.25) is 24.4 Å². The molecule has 3 amide bonds. The molecule has 0 saturated carbocycles. The highest BCUT2D eigenvalue weighted by Crippen LogP contribution is 2.08. The molecule has 0 aliphatic carbocycles. The van der Waals surface area contributed by atoms with E-state index < -0.39 is 47.9 Å². The van der Waals surface area contributed by atoms with Gasteiger partial charge in [-0.2, -0.15) is 0 Å². The van der Waals surface area contributed by atoms with Crippen molar-refractivity contribution in [1.82, 2.24) is 16.0 Å². The first-order chi connectivity index (χ1) is 18.8. The quantitative estimate of drug-likeness (QED) is 0.0379. The van der Waals surface area contributed by atoms with Gasteiger partial charge in [0.15, 0.2) is 11.9 Å². The first-order valence-electron chi connectivity index (χ1n) is 13.5. The summed E-state index contributed by atoms with van der Waals surface area (Å²) in [4.78, 5) is 58.6. The van der Waals surface area contributed by atoms with Crippen LogP contribution in [0.3, 0.4) is 0 Å². The average Bonchev–Trinajstić information content (AvgIpc) is 2.85. The molecule has 0 saturated heterocycles. The zero-order chi connectivity index (χ0) is 30.7. The Hall–Kier alpha value is -3.66. The molecule has 0 radical (unpaired) electrons. The van der Waals surface area contributed by atoms with E-state index in [0.29, 0.717) is 38.6 Å². The fourth-order valence-electron chi connectivity index (χ4n) is 3.73. The monoisotopic (exact) mass is 571 g/mol. The van der Waals surface area contributed by atoms with Gasteiger partial charge in [0.05, 0.1) is 6.04 Å². The van der Waals surface area contributed by atoms with Crippen molar-refractivity contribution in [3.63, 3.8) is 0 Å². The molecule has 0 fully saturated rings. The maximum Gasteiger partial charge on any atom is 0.326 e. The smallest absolute Gasteiger partial charge is 0.326 e. The number of amides is 3. The minimum Gasteiger partial charge on any atom is -0.480 e. The number of carboxylic acid groups (broad SMARTS) is 1. The van der Waals surface area contributed by atoms with Gasteiger partial charge in [-0.25, -0.2) is 4.79 Å². The number of guanidine groups is 2. The van der Waals surface area contributed by atoms with Gasteiger partial charge in [0.25, 0.3) is 0 Å². The number of hydrogen-bond donors (Lipinski definition) is 10. The van der Waals surface area contributed by atoms with Gasteiger partial charge in [0, 0.05) is 13.1 Å². The summed E-state index contributed by atoms with van der Waals surface area (Å²) < 4.78 is 0. The van der Waals surface area contributed by atoms with Crippen LogP contribution >= 0.6 is 0 Å². The third kappa shape index (κ3) is 17.0. The zero-order valence-corrected chi connectivity index (χ0v) is 23.6. The lowest BCUT2D eigenvalue weighted by atomic mass is 10.0. The van der Waals surface area contributed by atoms with Crippen LogP contribution in [0.2, 0.25) is 0 Å². The molecular formula is C24H49N11O5. The van der Waals surface area contributed by atoms with E-state index in [4.69, 9.17) is 34.4 Å². The van der Waals surface area contributed by atoms with Gasteiger partial charge in [-0.05, 0) is 63.8 Å². The largest absolute Gasteiger partial charge is 0.480 e. The standard InChI is InChI=1S/C24H49N11O5/c1-14(2)13-15(26)19(36)33-16(8-5-11-31-23(27)28)20(37)34-17(9-6-12-32-24(29)30)21(38)35-18(22(39)40)7-3-4-10-25/h14-18H,3-13,25-26H2,1-2H3,(H,33,36)(H,34,37)(H,35,38)(H,39,40)(H4,27,28,31)(H4,29,30,32)/t15-,16-,17-,18-/m0/s1. The highest BCUT2D eigenvalue weighted by atomic mass is 16.4. The number of carbonyl (C=O) groups excluding carboxylic acids is 3. The molecule has 0 heterocycles. The van der Waals surface area contributed by atoms with Crippen molar-refractivity contribution in [3.8, 4) is 0 Å². The van der Waals surface area contributed by atoms with Gasteiger partial charge in [0.2, 0.25) is 17.7 Å². The number of unbranched alkanes of at least 4 members (excludes halogenated alkanes) is 1. The Morgan fingerprint density at radius 2 is 1.12 bits per heavy atom. The first kappa shape index (κ1) is 36.3. The maximum absolute atomic E-state index is 13.3. The molecule has 0 rings (SSSR count). The second-order valence-electron chi connectivity index (χ2n) is 9.94. The van der Waals surface area contributed by atoms with Crippen molar-refractivity contribution in [1.29, 1.82) is 0 Å². The van der Waals surface area contributed by atoms with Crippen molar-refractivity contribution in [3.05, 3.63) is 0 Å². The number of carbonyl (C=O) groups is 4. The Bertz CT molecular complexity index is 858. The van der Waals surface area contributed by atoms with Crippen LogP contribution in [0.25, 0.3) is 0 Å². The van der Waals surface area contributed by atoms with Gasteiger partial charge >= 0.3 is 5.97 Å². The molecule has 0 aromatic heterocycles. The summed E-state index contributed by atoms with van der Waals surface area (Å²) >= 11 is 0. The molecule has 0 bridgehead atoms. The summed E-state index contributed by atoms with van der Waals surface area (Å²) in [6, 6.07) is -4.18. The SMILES string of the molecule is CC(C)C[C@H](N)C(=O)N[C@@H](CCCN=C(N)N)C(=O)N[C@@H](CCCN=C(N)N)C(=O)N[C@@H](CCCCN)C(=O)O. The molecule has 0 aromatic carbocycles. The fourth-order valence-corrected chi connectivity index (χ4v) is 3.73. The zero-order valence-electron chi connectivity index (χ0n) is 23.6. The van der Waals surface area contributed by atoms with E-state index in [1.165, 1.54) is 0 Å². The van der Waals surface area contributed by atoms with Crippen molar-refractivity contribution in [2.45, 2.75) is 89.4 Å². The minimum absolute atomic E-state index is 0.102. The van der Waals surface area contributed by atoms with E-state index in [9.17, 15) is 24.3 Å². The molecule has 0 aliphatic heterocycles. The lowest BCUT2D eigenvalue weighted by Crippen LogP contribution is -2.57. The van der Waals surface area contributed by atoms with E-state index in [-0.39, 0.29) is 50.2 Å². The van der Waals surface area contributed by atoms with Crippen LogP contribution < -0.4 is 50.4 Å². The summed E-state index contributed by atoms with van der Waals surface area (Å²) in [5.41, 5.74) is 32.9. The number of aliphatic imine (C=N–C) groups is 2. The Morgan fingerprint density at radius 1 is 0.700 bits per heavy atom. The van der Waals surface area contributed by atoms with Crippen molar-refractivity contribution in [2.75, 3.05) is 19.6 Å². The Morgan fingerprint density at radius 3 is 1.52 bits per heavy atom. The van der Waals surface area contributed by atoms with Gasteiger partial charge in [-0.15, -0.1) is 0 Å². The predicted molar refractivity (Wildman–Crippen MR) is 154 cm³/mol. The number of rotatable bonds is 21. The van der Waals surface area contributed by atoms with Gasteiger partial charge in [-0.1, -0.05) is 13.8 Å². The summed E-state index contributed by atoms with van der Waals surface area (Å²) in [6.07, 6.45) is 2.58. The van der Waals surface area contributed by atoms with Crippen molar-refractivity contribution >= 4 is 35.6 Å². The van der Waals surface area contributed by atoms with Crippen LogP contribution in [0.1, 0.15) is 65.2 Å². The van der Waals surface area contributed by atoms with Crippen LogP contribution in [-0.2, 0) is 19.2 Å². The highest BCUT2D eigenvalue weighted by Gasteiger charge is 2.30. The third-order valence-corrected chi connectivity index (χ3v) is 5.78. The summed E-state index contributed by atoms with van der Waals surface area (Å²) in [5, 5.41) is 17.3. The fraction of sp³-hybridized carbons (Fsp3) is 0.750. The van der Waals surface area contributed by atoms with Crippen LogP contribution in [0.15, 0.2) is 9.98 Å². The molecule has 230 valence electrons. The highest BCUT2D eigenvalue weighted by molar-refractivity contribution is 5.94. The molecule has 40 heavy (non-hydrogen) atoms. The minimum atomic E-state index is -1.21.